The van der Waals surface area contributed by atoms with Gasteiger partial charge in [-0.15, -0.1) is 11.8 Å². The van der Waals surface area contributed by atoms with Crippen LogP contribution in [-0.4, -0.2) is 31.0 Å². The zero-order valence-corrected chi connectivity index (χ0v) is 14.7. The minimum absolute atomic E-state index is 0.309. The number of rotatable bonds is 6. The second kappa shape index (κ2) is 8.82. The standard InChI is InChI=1S/C17H19ClN2O2S/c1-20(22-2)17(21)19-15-4-3-5-16(12-15)23-11-10-13-6-8-14(18)9-7-13/h3-9,12H,10-11H2,1-2H3,(H,19,21). The maximum Gasteiger partial charge on any atom is 0.345 e. The van der Waals surface area contributed by atoms with Gasteiger partial charge < -0.3 is 5.32 Å². The average molecular weight is 351 g/mol. The topological polar surface area (TPSA) is 41.6 Å². The Morgan fingerprint density at radius 2 is 2.00 bits per heavy atom. The number of aryl methyl sites for hydroxylation is 1. The highest BCUT2D eigenvalue weighted by Crippen LogP contribution is 2.23. The predicted octanol–water partition coefficient (Wildman–Crippen LogP) is 4.70. The average Bonchev–Trinajstić information content (AvgIpc) is 2.56. The van der Waals surface area contributed by atoms with Gasteiger partial charge in [-0.05, 0) is 42.3 Å². The lowest BCUT2D eigenvalue weighted by Gasteiger charge is -2.15. The Bertz CT molecular complexity index is 649. The van der Waals surface area contributed by atoms with Gasteiger partial charge in [-0.25, -0.2) is 9.86 Å². The zero-order valence-electron chi connectivity index (χ0n) is 13.1. The number of amides is 2. The normalized spacial score (nSPS) is 10.4. The molecule has 4 nitrogen and oxygen atoms in total. The molecule has 122 valence electrons. The molecule has 6 heteroatoms. The number of hydrogen-bond acceptors (Lipinski definition) is 3. The van der Waals surface area contributed by atoms with Crippen LogP contribution in [0.1, 0.15) is 5.56 Å². The van der Waals surface area contributed by atoms with E-state index in [9.17, 15) is 4.79 Å². The smallest absolute Gasteiger partial charge is 0.306 e. The zero-order chi connectivity index (χ0) is 16.7. The summed E-state index contributed by atoms with van der Waals surface area (Å²) < 4.78 is 0. The molecule has 0 saturated carbocycles. The molecule has 2 aromatic carbocycles. The van der Waals surface area contributed by atoms with Crippen LogP contribution in [0.3, 0.4) is 0 Å². The lowest BCUT2D eigenvalue weighted by atomic mass is 10.2. The van der Waals surface area contributed by atoms with E-state index in [0.29, 0.717) is 0 Å². The summed E-state index contributed by atoms with van der Waals surface area (Å²) in [6.45, 7) is 0. The van der Waals surface area contributed by atoms with Crippen LogP contribution in [0, 0.1) is 0 Å². The minimum atomic E-state index is -0.309. The summed E-state index contributed by atoms with van der Waals surface area (Å²) in [6.07, 6.45) is 0.963. The van der Waals surface area contributed by atoms with Crippen LogP contribution in [0.4, 0.5) is 10.5 Å². The second-order valence-corrected chi connectivity index (χ2v) is 6.47. The third-order valence-corrected chi connectivity index (χ3v) is 4.47. The SMILES string of the molecule is CON(C)C(=O)Nc1cccc(SCCc2ccc(Cl)cc2)c1. The monoisotopic (exact) mass is 350 g/mol. The molecule has 2 amide bonds. The number of hydroxylamine groups is 2. The number of hydrogen-bond donors (Lipinski definition) is 1. The van der Waals surface area contributed by atoms with Crippen molar-refractivity contribution in [1.29, 1.82) is 0 Å². The van der Waals surface area contributed by atoms with Gasteiger partial charge in [0, 0.05) is 28.4 Å². The van der Waals surface area contributed by atoms with Crippen LogP contribution >= 0.6 is 23.4 Å². The lowest BCUT2D eigenvalue weighted by Crippen LogP contribution is -2.30. The van der Waals surface area contributed by atoms with Gasteiger partial charge in [0.25, 0.3) is 0 Å². The van der Waals surface area contributed by atoms with Crippen molar-refractivity contribution in [3.63, 3.8) is 0 Å². The van der Waals surface area contributed by atoms with Crippen molar-refractivity contribution in [1.82, 2.24) is 5.06 Å². The van der Waals surface area contributed by atoms with E-state index in [1.54, 1.807) is 18.8 Å². The van der Waals surface area contributed by atoms with E-state index in [-0.39, 0.29) is 6.03 Å². The molecule has 0 aliphatic rings. The number of nitrogens with one attached hydrogen (secondary N) is 1. The predicted molar refractivity (Wildman–Crippen MR) is 96.1 cm³/mol. The van der Waals surface area contributed by atoms with E-state index in [1.165, 1.54) is 12.7 Å². The summed E-state index contributed by atoms with van der Waals surface area (Å²) in [6, 6.07) is 15.3. The highest BCUT2D eigenvalue weighted by Gasteiger charge is 2.07. The first-order chi connectivity index (χ1) is 11.1. The fourth-order valence-corrected chi connectivity index (χ4v) is 2.97. The van der Waals surface area contributed by atoms with Crippen LogP contribution in [0.2, 0.25) is 5.02 Å². The van der Waals surface area contributed by atoms with Gasteiger partial charge in [0.05, 0.1) is 7.11 Å². The summed E-state index contributed by atoms with van der Waals surface area (Å²) in [5, 5.41) is 4.68. The fraction of sp³-hybridized carbons (Fsp3) is 0.235. The van der Waals surface area contributed by atoms with Crippen LogP contribution < -0.4 is 5.32 Å². The van der Waals surface area contributed by atoms with Crippen molar-refractivity contribution in [2.45, 2.75) is 11.3 Å². The number of nitrogens with zero attached hydrogens (tertiary/aromatic N) is 1. The molecule has 0 bridgehead atoms. The second-order valence-electron chi connectivity index (χ2n) is 4.86. The van der Waals surface area contributed by atoms with Crippen molar-refractivity contribution in [2.24, 2.45) is 0 Å². The Labute approximate surface area is 145 Å². The van der Waals surface area contributed by atoms with Gasteiger partial charge in [-0.2, -0.15) is 0 Å². The Morgan fingerprint density at radius 1 is 1.26 bits per heavy atom. The fourth-order valence-electron chi connectivity index (χ4n) is 1.89. The summed E-state index contributed by atoms with van der Waals surface area (Å²) in [5.74, 6) is 0.955. The van der Waals surface area contributed by atoms with Gasteiger partial charge in [0.2, 0.25) is 0 Å². The van der Waals surface area contributed by atoms with Crippen molar-refractivity contribution in [3.05, 3.63) is 59.1 Å². The van der Waals surface area contributed by atoms with Crippen molar-refractivity contribution in [2.75, 3.05) is 25.2 Å². The number of carbonyl (C=O) groups excluding carboxylic acids is 1. The first-order valence-electron chi connectivity index (χ1n) is 7.14. The van der Waals surface area contributed by atoms with Crippen molar-refractivity contribution in [3.8, 4) is 0 Å². The molecule has 0 aliphatic carbocycles. The Kier molecular flexibility index (Phi) is 6.77. The summed E-state index contributed by atoms with van der Waals surface area (Å²) in [7, 11) is 3.00. The summed E-state index contributed by atoms with van der Waals surface area (Å²) in [4.78, 5) is 17.7. The number of anilines is 1. The van der Waals surface area contributed by atoms with E-state index in [0.717, 1.165) is 32.8 Å². The van der Waals surface area contributed by atoms with E-state index in [4.69, 9.17) is 16.4 Å². The molecule has 23 heavy (non-hydrogen) atoms. The number of urea groups is 1. The van der Waals surface area contributed by atoms with E-state index in [1.807, 2.05) is 48.5 Å². The molecular weight excluding hydrogens is 332 g/mol. The minimum Gasteiger partial charge on any atom is -0.306 e. The molecule has 0 radical (unpaired) electrons. The summed E-state index contributed by atoms with van der Waals surface area (Å²) >= 11 is 7.63. The molecule has 0 atom stereocenters. The molecule has 0 aliphatic heterocycles. The van der Waals surface area contributed by atoms with Gasteiger partial charge in [0.15, 0.2) is 0 Å². The molecule has 0 unspecified atom stereocenters. The van der Waals surface area contributed by atoms with Crippen LogP contribution in [0.5, 0.6) is 0 Å². The third-order valence-electron chi connectivity index (χ3n) is 3.22. The van der Waals surface area contributed by atoms with Crippen LogP contribution in [0.25, 0.3) is 0 Å². The van der Waals surface area contributed by atoms with Crippen LogP contribution in [0.15, 0.2) is 53.4 Å². The van der Waals surface area contributed by atoms with Gasteiger partial charge >= 0.3 is 6.03 Å². The molecule has 0 heterocycles. The van der Waals surface area contributed by atoms with Gasteiger partial charge in [-0.3, -0.25) is 4.84 Å². The molecule has 0 aromatic heterocycles. The van der Waals surface area contributed by atoms with E-state index >= 15 is 0 Å². The molecule has 2 aromatic rings. The first-order valence-corrected chi connectivity index (χ1v) is 8.51. The molecule has 0 spiro atoms. The quantitative estimate of drug-likeness (QED) is 0.606. The molecule has 1 N–H and O–H groups in total. The van der Waals surface area contributed by atoms with Crippen LogP contribution in [-0.2, 0) is 11.3 Å². The van der Waals surface area contributed by atoms with Crippen molar-refractivity contribution < 1.29 is 9.63 Å². The Hall–Kier alpha value is -1.69. The van der Waals surface area contributed by atoms with E-state index < -0.39 is 0 Å². The van der Waals surface area contributed by atoms with E-state index in [2.05, 4.69) is 5.32 Å². The number of carbonyl (C=O) groups is 1. The lowest BCUT2D eigenvalue weighted by molar-refractivity contribution is -0.0598. The number of thioether (sulfide) groups is 1. The highest BCUT2D eigenvalue weighted by atomic mass is 35.5. The maximum atomic E-state index is 11.8. The van der Waals surface area contributed by atoms with Crippen molar-refractivity contribution >= 4 is 35.1 Å². The van der Waals surface area contributed by atoms with Gasteiger partial charge in [0.1, 0.15) is 0 Å². The number of halogens is 1. The molecule has 0 saturated heterocycles. The molecule has 0 fully saturated rings. The number of benzene rings is 2. The molecule has 2 rings (SSSR count). The summed E-state index contributed by atoms with van der Waals surface area (Å²) in [5.41, 5.74) is 2.00. The third kappa shape index (κ3) is 5.78. The Balaban J connectivity index is 1.87. The van der Waals surface area contributed by atoms with Gasteiger partial charge in [-0.1, -0.05) is 29.8 Å². The Morgan fingerprint density at radius 3 is 2.70 bits per heavy atom. The largest absolute Gasteiger partial charge is 0.345 e. The highest BCUT2D eigenvalue weighted by molar-refractivity contribution is 7.99. The first kappa shape index (κ1) is 17.7. The molecular formula is C17H19ClN2O2S. The maximum absolute atomic E-state index is 11.8.